The lowest BCUT2D eigenvalue weighted by molar-refractivity contribution is -0.126. The zero-order chi connectivity index (χ0) is 10.8. The zero-order valence-electron chi connectivity index (χ0n) is 8.81. The van der Waals surface area contributed by atoms with Crippen LogP contribution in [0.2, 0.25) is 0 Å². The van der Waals surface area contributed by atoms with Crippen molar-refractivity contribution in [2.24, 2.45) is 0 Å². The minimum Gasteiger partial charge on any atom is -0.508 e. The number of phenols is 1. The maximum atomic E-state index is 11.8. The van der Waals surface area contributed by atoms with Gasteiger partial charge in [0.05, 0.1) is 6.04 Å². The molecule has 15 heavy (non-hydrogen) atoms. The Bertz CT molecular complexity index is 376. The summed E-state index contributed by atoms with van der Waals surface area (Å²) in [6.45, 7) is 0.907. The summed E-state index contributed by atoms with van der Waals surface area (Å²) >= 11 is 0. The summed E-state index contributed by atoms with van der Waals surface area (Å²) in [5.74, 6) is 0.412. The third-order valence-electron chi connectivity index (χ3n) is 2.91. The monoisotopic (exact) mass is 205 g/mol. The van der Waals surface area contributed by atoms with Gasteiger partial charge in [0.2, 0.25) is 0 Å². The molecule has 0 bridgehead atoms. The van der Waals surface area contributed by atoms with Crippen LogP contribution >= 0.6 is 0 Å². The lowest BCUT2D eigenvalue weighted by Gasteiger charge is -2.31. The Labute approximate surface area is 89.3 Å². The van der Waals surface area contributed by atoms with E-state index in [4.69, 9.17) is 0 Å². The van der Waals surface area contributed by atoms with E-state index in [1.54, 1.807) is 12.1 Å². The van der Waals surface area contributed by atoms with Gasteiger partial charge in [-0.05, 0) is 26.1 Å². The van der Waals surface area contributed by atoms with Crippen LogP contribution < -0.4 is 0 Å². The molecule has 2 rings (SSSR count). The van der Waals surface area contributed by atoms with Crippen LogP contribution in [-0.4, -0.2) is 29.4 Å². The minimum atomic E-state index is -0.264. The van der Waals surface area contributed by atoms with Crippen LogP contribution in [0.5, 0.6) is 5.75 Å². The Balaban J connectivity index is 2.36. The van der Waals surface area contributed by atoms with Gasteiger partial charge in [-0.3, -0.25) is 9.69 Å². The largest absolute Gasteiger partial charge is 0.508 e. The molecule has 1 saturated heterocycles. The number of para-hydroxylation sites is 1. The number of benzene rings is 1. The van der Waals surface area contributed by atoms with Crippen molar-refractivity contribution in [2.45, 2.75) is 18.9 Å². The number of rotatable bonds is 1. The third-order valence-corrected chi connectivity index (χ3v) is 2.91. The highest BCUT2D eigenvalue weighted by atomic mass is 16.3. The maximum absolute atomic E-state index is 11.8. The molecule has 0 amide bonds. The van der Waals surface area contributed by atoms with E-state index in [9.17, 15) is 9.90 Å². The molecule has 0 spiro atoms. The van der Waals surface area contributed by atoms with E-state index in [-0.39, 0.29) is 17.6 Å². The predicted octanol–water partition coefficient (Wildman–Crippen LogP) is 1.73. The van der Waals surface area contributed by atoms with E-state index in [1.165, 1.54) is 0 Å². The first-order valence-corrected chi connectivity index (χ1v) is 5.21. The second kappa shape index (κ2) is 4.03. The normalized spacial score (nSPS) is 23.0. The first-order chi connectivity index (χ1) is 7.20. The van der Waals surface area contributed by atoms with E-state index in [0.717, 1.165) is 18.5 Å². The summed E-state index contributed by atoms with van der Waals surface area (Å²) in [5, 5.41) is 9.72. The summed E-state index contributed by atoms with van der Waals surface area (Å²) < 4.78 is 0. The average Bonchev–Trinajstić information content (AvgIpc) is 2.20. The molecule has 80 valence electrons. The summed E-state index contributed by atoms with van der Waals surface area (Å²) in [6.07, 6.45) is 1.53. The van der Waals surface area contributed by atoms with Gasteiger partial charge in [0.15, 0.2) is 5.78 Å². The fraction of sp³-hybridized carbons (Fsp3) is 0.417. The first kappa shape index (κ1) is 10.2. The van der Waals surface area contributed by atoms with Gasteiger partial charge in [0, 0.05) is 12.0 Å². The summed E-state index contributed by atoms with van der Waals surface area (Å²) in [5.41, 5.74) is 0.727. The van der Waals surface area contributed by atoms with E-state index in [2.05, 4.69) is 0 Å². The molecule has 0 saturated carbocycles. The highest BCUT2D eigenvalue weighted by Crippen LogP contribution is 2.31. The Morgan fingerprint density at radius 1 is 1.40 bits per heavy atom. The summed E-state index contributed by atoms with van der Waals surface area (Å²) in [4.78, 5) is 13.8. The number of piperidine rings is 1. The van der Waals surface area contributed by atoms with Crippen molar-refractivity contribution >= 4 is 5.78 Å². The predicted molar refractivity (Wildman–Crippen MR) is 57.7 cm³/mol. The van der Waals surface area contributed by atoms with Crippen LogP contribution in [0.1, 0.15) is 24.4 Å². The Hall–Kier alpha value is -1.35. The topological polar surface area (TPSA) is 40.5 Å². The Kier molecular flexibility index (Phi) is 2.73. The van der Waals surface area contributed by atoms with Gasteiger partial charge in [0.1, 0.15) is 5.75 Å². The molecule has 0 aromatic heterocycles. The molecular weight excluding hydrogens is 190 g/mol. The maximum Gasteiger partial charge on any atom is 0.154 e. The molecule has 1 unspecified atom stereocenters. The number of Topliss-reactive ketones (excluding diaryl/α,β-unsaturated/α-hetero) is 1. The number of ketones is 1. The Morgan fingerprint density at radius 2 is 2.13 bits per heavy atom. The first-order valence-electron chi connectivity index (χ1n) is 5.21. The average molecular weight is 205 g/mol. The van der Waals surface area contributed by atoms with Crippen LogP contribution in [0.15, 0.2) is 24.3 Å². The standard InChI is InChI=1S/C12H15NO2/c1-13-8-4-7-11(15)12(13)9-5-2-3-6-10(9)14/h2-3,5-6,12,14H,4,7-8H2,1H3. The smallest absolute Gasteiger partial charge is 0.154 e. The van der Waals surface area contributed by atoms with Crippen molar-refractivity contribution in [3.05, 3.63) is 29.8 Å². The molecule has 1 N–H and O–H groups in total. The molecule has 1 aliphatic rings. The molecule has 1 aliphatic heterocycles. The molecule has 3 heteroatoms. The van der Waals surface area contributed by atoms with Crippen LogP contribution in [0.25, 0.3) is 0 Å². The van der Waals surface area contributed by atoms with Gasteiger partial charge in [-0.15, -0.1) is 0 Å². The second-order valence-electron chi connectivity index (χ2n) is 4.01. The van der Waals surface area contributed by atoms with Gasteiger partial charge in [-0.2, -0.15) is 0 Å². The fourth-order valence-electron chi connectivity index (χ4n) is 2.14. The summed E-state index contributed by atoms with van der Waals surface area (Å²) in [6, 6.07) is 6.81. The second-order valence-corrected chi connectivity index (χ2v) is 4.01. The Morgan fingerprint density at radius 3 is 2.80 bits per heavy atom. The van der Waals surface area contributed by atoms with Gasteiger partial charge >= 0.3 is 0 Å². The van der Waals surface area contributed by atoms with E-state index >= 15 is 0 Å². The number of carbonyl (C=O) groups excluding carboxylic acids is 1. The van der Waals surface area contributed by atoms with Crippen molar-refractivity contribution in [3.8, 4) is 5.75 Å². The highest BCUT2D eigenvalue weighted by molar-refractivity contribution is 5.86. The van der Waals surface area contributed by atoms with Crippen molar-refractivity contribution < 1.29 is 9.90 Å². The molecule has 1 atom stereocenters. The lowest BCUT2D eigenvalue weighted by atomic mass is 9.94. The van der Waals surface area contributed by atoms with Crippen molar-refractivity contribution in [1.82, 2.24) is 4.90 Å². The van der Waals surface area contributed by atoms with Crippen molar-refractivity contribution in [3.63, 3.8) is 0 Å². The highest BCUT2D eigenvalue weighted by Gasteiger charge is 2.29. The number of aromatic hydroxyl groups is 1. The van der Waals surface area contributed by atoms with E-state index < -0.39 is 0 Å². The lowest BCUT2D eigenvalue weighted by Crippen LogP contribution is -2.36. The van der Waals surface area contributed by atoms with E-state index in [0.29, 0.717) is 6.42 Å². The van der Waals surface area contributed by atoms with E-state index in [1.807, 2.05) is 24.1 Å². The summed E-state index contributed by atoms with van der Waals surface area (Å²) in [7, 11) is 1.92. The number of likely N-dealkylation sites (tertiary alicyclic amines) is 1. The van der Waals surface area contributed by atoms with Crippen LogP contribution in [0.3, 0.4) is 0 Å². The number of phenolic OH excluding ortho intramolecular Hbond substituents is 1. The number of carbonyl (C=O) groups is 1. The molecule has 0 aliphatic carbocycles. The number of hydrogen-bond acceptors (Lipinski definition) is 3. The van der Waals surface area contributed by atoms with Crippen molar-refractivity contribution in [1.29, 1.82) is 0 Å². The van der Waals surface area contributed by atoms with Crippen molar-refractivity contribution in [2.75, 3.05) is 13.6 Å². The minimum absolute atomic E-state index is 0.199. The molecule has 1 aromatic carbocycles. The fourth-order valence-corrected chi connectivity index (χ4v) is 2.14. The number of likely N-dealkylation sites (N-methyl/N-ethyl adjacent to an activating group) is 1. The zero-order valence-corrected chi connectivity index (χ0v) is 8.81. The molecule has 0 radical (unpaired) electrons. The SMILES string of the molecule is CN1CCCC(=O)C1c1ccccc1O. The molecular formula is C12H15NO2. The number of hydrogen-bond donors (Lipinski definition) is 1. The third kappa shape index (κ3) is 1.88. The molecule has 1 aromatic rings. The van der Waals surface area contributed by atoms with Gasteiger partial charge < -0.3 is 5.11 Å². The van der Waals surface area contributed by atoms with Crippen LogP contribution in [0, 0.1) is 0 Å². The van der Waals surface area contributed by atoms with Gasteiger partial charge in [-0.1, -0.05) is 18.2 Å². The van der Waals surface area contributed by atoms with Gasteiger partial charge in [0.25, 0.3) is 0 Å². The molecule has 1 fully saturated rings. The van der Waals surface area contributed by atoms with Crippen LogP contribution in [0.4, 0.5) is 0 Å². The quantitative estimate of drug-likeness (QED) is 0.759. The number of nitrogens with zero attached hydrogens (tertiary/aromatic N) is 1. The van der Waals surface area contributed by atoms with Gasteiger partial charge in [-0.25, -0.2) is 0 Å². The molecule has 1 heterocycles. The van der Waals surface area contributed by atoms with Crippen LogP contribution in [-0.2, 0) is 4.79 Å². The molecule has 3 nitrogen and oxygen atoms in total.